The van der Waals surface area contributed by atoms with Crippen molar-refractivity contribution in [3.63, 3.8) is 0 Å². The lowest BCUT2D eigenvalue weighted by Crippen LogP contribution is -2.31. The summed E-state index contributed by atoms with van der Waals surface area (Å²) in [6, 6.07) is 4.07. The van der Waals surface area contributed by atoms with Gasteiger partial charge in [0.15, 0.2) is 11.6 Å². The molecule has 0 saturated heterocycles. The van der Waals surface area contributed by atoms with Gasteiger partial charge in [-0.15, -0.1) is 11.3 Å². The Balaban J connectivity index is 2.45. The highest BCUT2D eigenvalue weighted by Gasteiger charge is 2.23. The summed E-state index contributed by atoms with van der Waals surface area (Å²) in [5.41, 5.74) is 6.14. The SMILES string of the molecule is CCC(C)(N)c1nc(-c2cccc(F)c2F)cs1. The third kappa shape index (κ3) is 2.28. The first-order valence-electron chi connectivity index (χ1n) is 5.65. The van der Waals surface area contributed by atoms with Crippen molar-refractivity contribution in [1.82, 2.24) is 4.98 Å². The van der Waals surface area contributed by atoms with Crippen molar-refractivity contribution in [2.45, 2.75) is 25.8 Å². The lowest BCUT2D eigenvalue weighted by molar-refractivity contribution is 0.474. The smallest absolute Gasteiger partial charge is 0.168 e. The molecule has 5 heteroatoms. The highest BCUT2D eigenvalue weighted by atomic mass is 32.1. The summed E-state index contributed by atoms with van der Waals surface area (Å²) < 4.78 is 26.8. The van der Waals surface area contributed by atoms with Crippen molar-refractivity contribution in [3.05, 3.63) is 40.2 Å². The van der Waals surface area contributed by atoms with E-state index in [1.165, 1.54) is 23.5 Å². The minimum absolute atomic E-state index is 0.171. The standard InChI is InChI=1S/C13H14F2N2S/c1-3-13(2,16)12-17-10(7-18-12)8-5-4-6-9(14)11(8)15/h4-7H,3,16H2,1-2H3. The van der Waals surface area contributed by atoms with Crippen molar-refractivity contribution >= 4 is 11.3 Å². The monoisotopic (exact) mass is 268 g/mol. The second-order valence-corrected chi connectivity index (χ2v) is 5.27. The van der Waals surface area contributed by atoms with Crippen LogP contribution in [0, 0.1) is 11.6 Å². The van der Waals surface area contributed by atoms with Crippen molar-refractivity contribution in [1.29, 1.82) is 0 Å². The van der Waals surface area contributed by atoms with Gasteiger partial charge in [0, 0.05) is 10.9 Å². The third-order valence-electron chi connectivity index (χ3n) is 2.95. The van der Waals surface area contributed by atoms with Gasteiger partial charge in [0.25, 0.3) is 0 Å². The average Bonchev–Trinajstić information content (AvgIpc) is 2.82. The number of nitrogens with zero attached hydrogens (tertiary/aromatic N) is 1. The third-order valence-corrected chi connectivity index (χ3v) is 4.08. The number of hydrogen-bond acceptors (Lipinski definition) is 3. The normalized spacial score (nSPS) is 14.5. The van der Waals surface area contributed by atoms with Gasteiger partial charge in [-0.25, -0.2) is 13.8 Å². The number of rotatable bonds is 3. The summed E-state index contributed by atoms with van der Waals surface area (Å²) in [4.78, 5) is 4.31. The Morgan fingerprint density at radius 1 is 1.39 bits per heavy atom. The summed E-state index contributed by atoms with van der Waals surface area (Å²) >= 11 is 1.37. The molecule has 1 unspecified atom stereocenters. The second-order valence-electron chi connectivity index (χ2n) is 4.41. The summed E-state index contributed by atoms with van der Waals surface area (Å²) in [6.45, 7) is 3.83. The maximum atomic E-state index is 13.6. The van der Waals surface area contributed by atoms with Crippen LogP contribution in [0.1, 0.15) is 25.3 Å². The summed E-state index contributed by atoms with van der Waals surface area (Å²) in [5.74, 6) is -1.74. The van der Waals surface area contributed by atoms with E-state index < -0.39 is 17.2 Å². The van der Waals surface area contributed by atoms with Gasteiger partial charge in [0.05, 0.1) is 11.2 Å². The Morgan fingerprint density at radius 3 is 2.78 bits per heavy atom. The molecular weight excluding hydrogens is 254 g/mol. The van der Waals surface area contributed by atoms with Gasteiger partial charge in [0.2, 0.25) is 0 Å². The number of hydrogen-bond donors (Lipinski definition) is 1. The first kappa shape index (κ1) is 13.1. The van der Waals surface area contributed by atoms with Gasteiger partial charge in [0.1, 0.15) is 5.01 Å². The quantitative estimate of drug-likeness (QED) is 0.922. The zero-order valence-corrected chi connectivity index (χ0v) is 11.0. The first-order chi connectivity index (χ1) is 8.45. The van der Waals surface area contributed by atoms with Crippen LogP contribution in [0.4, 0.5) is 8.78 Å². The van der Waals surface area contributed by atoms with Crippen LogP contribution in [0.5, 0.6) is 0 Å². The van der Waals surface area contributed by atoms with E-state index in [-0.39, 0.29) is 5.56 Å². The molecular formula is C13H14F2N2S. The molecule has 1 aromatic heterocycles. The Hall–Kier alpha value is -1.33. The summed E-state index contributed by atoms with van der Waals surface area (Å²) in [5, 5.41) is 2.43. The molecule has 0 aliphatic rings. The van der Waals surface area contributed by atoms with Crippen LogP contribution < -0.4 is 5.73 Å². The van der Waals surface area contributed by atoms with Crippen LogP contribution in [0.2, 0.25) is 0 Å². The molecule has 2 rings (SSSR count). The number of nitrogens with two attached hydrogens (primary N) is 1. The molecule has 96 valence electrons. The van der Waals surface area contributed by atoms with Gasteiger partial charge in [-0.1, -0.05) is 13.0 Å². The Labute approximate surface area is 108 Å². The van der Waals surface area contributed by atoms with E-state index in [4.69, 9.17) is 5.73 Å². The minimum Gasteiger partial charge on any atom is -0.320 e. The molecule has 2 nitrogen and oxygen atoms in total. The van der Waals surface area contributed by atoms with E-state index in [0.717, 1.165) is 17.5 Å². The van der Waals surface area contributed by atoms with Crippen molar-refractivity contribution in [3.8, 4) is 11.3 Å². The van der Waals surface area contributed by atoms with Gasteiger partial charge >= 0.3 is 0 Å². The predicted molar refractivity (Wildman–Crippen MR) is 69.3 cm³/mol. The molecule has 0 fully saturated rings. The maximum absolute atomic E-state index is 13.6. The molecule has 1 heterocycles. The molecule has 18 heavy (non-hydrogen) atoms. The van der Waals surface area contributed by atoms with E-state index in [2.05, 4.69) is 4.98 Å². The lowest BCUT2D eigenvalue weighted by atomic mass is 10.0. The van der Waals surface area contributed by atoms with Crippen molar-refractivity contribution < 1.29 is 8.78 Å². The Kier molecular flexibility index (Phi) is 3.45. The fourth-order valence-corrected chi connectivity index (χ4v) is 2.48. The fourth-order valence-electron chi connectivity index (χ4n) is 1.51. The zero-order chi connectivity index (χ0) is 13.3. The molecule has 0 bridgehead atoms. The lowest BCUT2D eigenvalue weighted by Gasteiger charge is -2.18. The largest absolute Gasteiger partial charge is 0.320 e. The number of benzene rings is 1. The van der Waals surface area contributed by atoms with Crippen LogP contribution in [-0.2, 0) is 5.54 Å². The molecule has 0 spiro atoms. The van der Waals surface area contributed by atoms with Gasteiger partial charge in [-0.3, -0.25) is 0 Å². The predicted octanol–water partition coefficient (Wildman–Crippen LogP) is 3.67. The molecule has 0 amide bonds. The Bertz CT molecular complexity index is 564. The van der Waals surface area contributed by atoms with Crippen molar-refractivity contribution in [2.24, 2.45) is 5.73 Å². The molecule has 0 radical (unpaired) electrons. The van der Waals surface area contributed by atoms with Crippen LogP contribution in [0.25, 0.3) is 11.3 Å². The highest BCUT2D eigenvalue weighted by Crippen LogP contribution is 2.30. The number of halogens is 2. The fraction of sp³-hybridized carbons (Fsp3) is 0.308. The molecule has 1 aromatic carbocycles. The minimum atomic E-state index is -0.871. The molecule has 0 saturated carbocycles. The second kappa shape index (κ2) is 4.74. The van der Waals surface area contributed by atoms with Crippen LogP contribution >= 0.6 is 11.3 Å². The molecule has 0 aliphatic carbocycles. The van der Waals surface area contributed by atoms with E-state index in [1.54, 1.807) is 5.38 Å². The van der Waals surface area contributed by atoms with Crippen LogP contribution in [0.3, 0.4) is 0 Å². The van der Waals surface area contributed by atoms with Crippen LogP contribution in [0.15, 0.2) is 23.6 Å². The maximum Gasteiger partial charge on any atom is 0.168 e. The van der Waals surface area contributed by atoms with Crippen molar-refractivity contribution in [2.75, 3.05) is 0 Å². The Morgan fingerprint density at radius 2 is 2.11 bits per heavy atom. The zero-order valence-electron chi connectivity index (χ0n) is 10.2. The molecule has 1 atom stereocenters. The molecule has 2 aromatic rings. The molecule has 0 aliphatic heterocycles. The molecule has 2 N–H and O–H groups in total. The highest BCUT2D eigenvalue weighted by molar-refractivity contribution is 7.10. The summed E-state index contributed by atoms with van der Waals surface area (Å²) in [6.07, 6.45) is 0.728. The average molecular weight is 268 g/mol. The van der Waals surface area contributed by atoms with E-state index in [0.29, 0.717) is 5.69 Å². The first-order valence-corrected chi connectivity index (χ1v) is 6.53. The van der Waals surface area contributed by atoms with Gasteiger partial charge < -0.3 is 5.73 Å². The number of aromatic nitrogens is 1. The summed E-state index contributed by atoms with van der Waals surface area (Å²) in [7, 11) is 0. The van der Waals surface area contributed by atoms with E-state index in [1.807, 2.05) is 13.8 Å². The van der Waals surface area contributed by atoms with Crippen LogP contribution in [-0.4, -0.2) is 4.98 Å². The van der Waals surface area contributed by atoms with E-state index in [9.17, 15) is 8.78 Å². The van der Waals surface area contributed by atoms with E-state index >= 15 is 0 Å². The number of thiazole rings is 1. The van der Waals surface area contributed by atoms with Gasteiger partial charge in [-0.05, 0) is 25.5 Å². The van der Waals surface area contributed by atoms with Gasteiger partial charge in [-0.2, -0.15) is 0 Å². The topological polar surface area (TPSA) is 38.9 Å².